The molecule has 0 amide bonds. The molecule has 1 aliphatic rings. The van der Waals surface area contributed by atoms with E-state index >= 15 is 0 Å². The minimum atomic E-state index is -0.470. The standard InChI is InChI=1S/C14H19N3O3S/c1-3-9-8-17(5-6-20-9)13-11(14(18)19-4-2)12(16)10(7-15)21-13/h9H,3-6,8,16H2,1-2H3. The van der Waals surface area contributed by atoms with Crippen molar-refractivity contribution in [3.8, 4) is 6.07 Å². The zero-order valence-corrected chi connectivity index (χ0v) is 13.0. The van der Waals surface area contributed by atoms with E-state index in [-0.39, 0.29) is 18.4 Å². The van der Waals surface area contributed by atoms with Gasteiger partial charge in [-0.1, -0.05) is 6.92 Å². The van der Waals surface area contributed by atoms with Crippen molar-refractivity contribution in [1.82, 2.24) is 0 Å². The first-order valence-corrected chi connectivity index (χ1v) is 7.80. The smallest absolute Gasteiger partial charge is 0.343 e. The van der Waals surface area contributed by atoms with Gasteiger partial charge in [0.1, 0.15) is 21.5 Å². The monoisotopic (exact) mass is 309 g/mol. The van der Waals surface area contributed by atoms with Gasteiger partial charge in [-0.3, -0.25) is 0 Å². The van der Waals surface area contributed by atoms with E-state index < -0.39 is 5.97 Å². The lowest BCUT2D eigenvalue weighted by atomic mass is 10.2. The van der Waals surface area contributed by atoms with Crippen LogP contribution in [-0.2, 0) is 9.47 Å². The van der Waals surface area contributed by atoms with E-state index in [9.17, 15) is 4.79 Å². The van der Waals surface area contributed by atoms with Gasteiger partial charge in [0, 0.05) is 13.1 Å². The van der Waals surface area contributed by atoms with Crippen LogP contribution in [0, 0.1) is 11.3 Å². The van der Waals surface area contributed by atoms with Gasteiger partial charge in [-0.2, -0.15) is 5.26 Å². The SMILES string of the molecule is CCOC(=O)c1c(N2CCOC(CC)C2)sc(C#N)c1N. The van der Waals surface area contributed by atoms with Gasteiger partial charge >= 0.3 is 5.97 Å². The third-order valence-corrected chi connectivity index (χ3v) is 4.56. The summed E-state index contributed by atoms with van der Waals surface area (Å²) in [5.41, 5.74) is 6.48. The molecule has 6 nitrogen and oxygen atoms in total. The molecule has 0 spiro atoms. The quantitative estimate of drug-likeness (QED) is 0.856. The number of rotatable bonds is 4. The third kappa shape index (κ3) is 3.12. The molecule has 2 rings (SSSR count). The number of carbonyl (C=O) groups is 1. The van der Waals surface area contributed by atoms with Crippen LogP contribution in [0.25, 0.3) is 0 Å². The highest BCUT2D eigenvalue weighted by atomic mass is 32.1. The first kappa shape index (κ1) is 15.6. The number of anilines is 2. The second-order valence-electron chi connectivity index (χ2n) is 4.70. The molecule has 0 radical (unpaired) electrons. The van der Waals surface area contributed by atoms with Crippen molar-refractivity contribution in [2.24, 2.45) is 0 Å². The Balaban J connectivity index is 2.38. The molecule has 2 N–H and O–H groups in total. The number of nitrogen functional groups attached to an aromatic ring is 1. The highest BCUT2D eigenvalue weighted by Gasteiger charge is 2.29. The fraction of sp³-hybridized carbons (Fsp3) is 0.571. The molecular formula is C14H19N3O3S. The van der Waals surface area contributed by atoms with E-state index in [0.29, 0.717) is 35.1 Å². The molecular weight excluding hydrogens is 290 g/mol. The van der Waals surface area contributed by atoms with Gasteiger partial charge in [-0.05, 0) is 13.3 Å². The number of nitrogens with zero attached hydrogens (tertiary/aromatic N) is 2. The van der Waals surface area contributed by atoms with Crippen LogP contribution in [0.15, 0.2) is 0 Å². The van der Waals surface area contributed by atoms with Gasteiger partial charge in [0.15, 0.2) is 0 Å². The van der Waals surface area contributed by atoms with Crippen molar-refractivity contribution in [3.63, 3.8) is 0 Å². The van der Waals surface area contributed by atoms with Crippen molar-refractivity contribution in [2.75, 3.05) is 36.9 Å². The average molecular weight is 309 g/mol. The molecule has 114 valence electrons. The Morgan fingerprint density at radius 2 is 2.38 bits per heavy atom. The zero-order chi connectivity index (χ0) is 15.4. The van der Waals surface area contributed by atoms with E-state index in [1.165, 1.54) is 11.3 Å². The van der Waals surface area contributed by atoms with Crippen LogP contribution >= 0.6 is 11.3 Å². The molecule has 1 fully saturated rings. The number of carbonyl (C=O) groups excluding carboxylic acids is 1. The lowest BCUT2D eigenvalue weighted by molar-refractivity contribution is 0.0382. The Labute approximate surface area is 128 Å². The van der Waals surface area contributed by atoms with Crippen molar-refractivity contribution in [1.29, 1.82) is 5.26 Å². The van der Waals surface area contributed by atoms with E-state index in [4.69, 9.17) is 20.5 Å². The Kier molecular flexibility index (Phi) is 5.04. The predicted octanol–water partition coefficient (Wildman–Crippen LogP) is 1.99. The maximum atomic E-state index is 12.1. The molecule has 0 bridgehead atoms. The molecule has 1 aromatic heterocycles. The Morgan fingerprint density at radius 1 is 1.62 bits per heavy atom. The largest absolute Gasteiger partial charge is 0.462 e. The second kappa shape index (κ2) is 6.78. The van der Waals surface area contributed by atoms with E-state index in [2.05, 4.69) is 11.8 Å². The van der Waals surface area contributed by atoms with Crippen molar-refractivity contribution < 1.29 is 14.3 Å². The minimum Gasteiger partial charge on any atom is -0.462 e. The average Bonchev–Trinajstić information content (AvgIpc) is 2.84. The number of ether oxygens (including phenoxy) is 2. The summed E-state index contributed by atoms with van der Waals surface area (Å²) in [4.78, 5) is 14.6. The number of morpholine rings is 1. The third-order valence-electron chi connectivity index (χ3n) is 3.39. The molecule has 0 saturated carbocycles. The second-order valence-corrected chi connectivity index (χ2v) is 5.70. The Bertz CT molecular complexity index is 565. The first-order valence-electron chi connectivity index (χ1n) is 6.98. The van der Waals surface area contributed by atoms with Crippen molar-refractivity contribution >= 4 is 28.0 Å². The number of esters is 1. The van der Waals surface area contributed by atoms with E-state index in [1.54, 1.807) is 6.92 Å². The Morgan fingerprint density at radius 3 is 3.00 bits per heavy atom. The fourth-order valence-electron chi connectivity index (χ4n) is 2.29. The van der Waals surface area contributed by atoms with Gasteiger partial charge in [0.2, 0.25) is 0 Å². The van der Waals surface area contributed by atoms with Crippen LogP contribution in [0.4, 0.5) is 10.7 Å². The summed E-state index contributed by atoms with van der Waals surface area (Å²) in [6, 6.07) is 2.05. The molecule has 0 aromatic carbocycles. The minimum absolute atomic E-state index is 0.127. The Hall–Kier alpha value is -1.78. The van der Waals surface area contributed by atoms with E-state index in [1.807, 2.05) is 6.07 Å². The lowest BCUT2D eigenvalue weighted by Crippen LogP contribution is -2.42. The number of nitriles is 1. The van der Waals surface area contributed by atoms with Gasteiger partial charge in [0.25, 0.3) is 0 Å². The maximum Gasteiger partial charge on any atom is 0.343 e. The van der Waals surface area contributed by atoms with Gasteiger partial charge in [-0.15, -0.1) is 11.3 Å². The lowest BCUT2D eigenvalue weighted by Gasteiger charge is -2.33. The fourth-order valence-corrected chi connectivity index (χ4v) is 3.33. The summed E-state index contributed by atoms with van der Waals surface area (Å²) < 4.78 is 10.7. The molecule has 1 atom stereocenters. The summed E-state index contributed by atoms with van der Waals surface area (Å²) in [5, 5.41) is 9.86. The molecule has 1 unspecified atom stereocenters. The molecule has 1 saturated heterocycles. The van der Waals surface area contributed by atoms with Crippen LogP contribution in [0.3, 0.4) is 0 Å². The zero-order valence-electron chi connectivity index (χ0n) is 12.2. The molecule has 0 aliphatic carbocycles. The van der Waals surface area contributed by atoms with Crippen molar-refractivity contribution in [3.05, 3.63) is 10.4 Å². The van der Waals surface area contributed by atoms with Crippen molar-refractivity contribution in [2.45, 2.75) is 26.4 Å². The number of hydrogen-bond acceptors (Lipinski definition) is 7. The summed E-state index contributed by atoms with van der Waals surface area (Å²) in [6.07, 6.45) is 1.03. The number of thiophene rings is 1. The predicted molar refractivity (Wildman–Crippen MR) is 81.6 cm³/mol. The van der Waals surface area contributed by atoms with Gasteiger partial charge in [0.05, 0.1) is 25.0 Å². The van der Waals surface area contributed by atoms with Gasteiger partial charge < -0.3 is 20.1 Å². The highest BCUT2D eigenvalue weighted by molar-refractivity contribution is 7.17. The van der Waals surface area contributed by atoms with Gasteiger partial charge in [-0.25, -0.2) is 4.79 Å². The molecule has 7 heteroatoms. The topological polar surface area (TPSA) is 88.6 Å². The summed E-state index contributed by atoms with van der Waals surface area (Å²) >= 11 is 1.24. The van der Waals surface area contributed by atoms with Crippen LogP contribution < -0.4 is 10.6 Å². The number of nitrogens with two attached hydrogens (primary N) is 1. The van der Waals surface area contributed by atoms with E-state index in [0.717, 1.165) is 6.42 Å². The molecule has 2 heterocycles. The summed E-state index contributed by atoms with van der Waals surface area (Å²) in [5.74, 6) is -0.470. The van der Waals surface area contributed by atoms with Crippen LogP contribution in [0.5, 0.6) is 0 Å². The van der Waals surface area contributed by atoms with Crippen LogP contribution in [0.2, 0.25) is 0 Å². The molecule has 1 aromatic rings. The van der Waals surface area contributed by atoms with Crippen LogP contribution in [-0.4, -0.2) is 38.4 Å². The maximum absolute atomic E-state index is 12.1. The highest BCUT2D eigenvalue weighted by Crippen LogP contribution is 2.39. The normalized spacial score (nSPS) is 18.3. The first-order chi connectivity index (χ1) is 10.1. The number of hydrogen-bond donors (Lipinski definition) is 1. The summed E-state index contributed by atoms with van der Waals surface area (Å²) in [7, 11) is 0. The molecule has 1 aliphatic heterocycles. The van der Waals surface area contributed by atoms with Crippen LogP contribution in [0.1, 0.15) is 35.5 Å². The molecule has 21 heavy (non-hydrogen) atoms. The summed E-state index contributed by atoms with van der Waals surface area (Å²) in [6.45, 7) is 6.04.